The highest BCUT2D eigenvalue weighted by atomic mass is 32.2. The molecule has 3 rings (SSSR count). The van der Waals surface area contributed by atoms with E-state index < -0.39 is 0 Å². The number of thioether (sulfide) groups is 1. The van der Waals surface area contributed by atoms with Crippen LogP contribution in [0.5, 0.6) is 0 Å². The van der Waals surface area contributed by atoms with Gasteiger partial charge in [0, 0.05) is 16.2 Å². The normalized spacial score (nSPS) is 12.0. The van der Waals surface area contributed by atoms with Crippen molar-refractivity contribution < 1.29 is 4.79 Å². The SMILES string of the molecule is CC(NC(=O)c1ccc(CSc2ncn[nH]2)cc1)c1cccs1. The fourth-order valence-corrected chi connectivity index (χ4v) is 3.53. The van der Waals surface area contributed by atoms with Gasteiger partial charge in [-0.1, -0.05) is 30.0 Å². The molecule has 1 amide bonds. The number of aromatic amines is 1. The number of benzene rings is 1. The second-order valence-corrected chi connectivity index (χ2v) is 6.93. The summed E-state index contributed by atoms with van der Waals surface area (Å²) in [6.07, 6.45) is 1.49. The molecule has 0 radical (unpaired) electrons. The van der Waals surface area contributed by atoms with Crippen molar-refractivity contribution in [2.75, 3.05) is 0 Å². The van der Waals surface area contributed by atoms with E-state index in [0.29, 0.717) is 5.56 Å². The number of H-pyrrole nitrogens is 1. The molecule has 0 saturated carbocycles. The van der Waals surface area contributed by atoms with Gasteiger partial charge in [0.15, 0.2) is 5.16 Å². The van der Waals surface area contributed by atoms with Crippen molar-refractivity contribution in [1.82, 2.24) is 20.5 Å². The van der Waals surface area contributed by atoms with Crippen molar-refractivity contribution in [3.8, 4) is 0 Å². The molecular weight excluding hydrogens is 328 g/mol. The van der Waals surface area contributed by atoms with E-state index in [1.54, 1.807) is 23.1 Å². The Balaban J connectivity index is 1.57. The average Bonchev–Trinajstić information content (AvgIpc) is 3.26. The van der Waals surface area contributed by atoms with E-state index in [0.717, 1.165) is 21.3 Å². The van der Waals surface area contributed by atoms with Crippen molar-refractivity contribution in [3.63, 3.8) is 0 Å². The van der Waals surface area contributed by atoms with Crippen LogP contribution < -0.4 is 5.32 Å². The molecule has 1 atom stereocenters. The summed E-state index contributed by atoms with van der Waals surface area (Å²) in [7, 11) is 0. The summed E-state index contributed by atoms with van der Waals surface area (Å²) in [6.45, 7) is 1.99. The monoisotopic (exact) mass is 344 g/mol. The lowest BCUT2D eigenvalue weighted by molar-refractivity contribution is 0.0940. The van der Waals surface area contributed by atoms with Gasteiger partial charge in [0.2, 0.25) is 0 Å². The molecular formula is C16H16N4OS2. The molecule has 0 saturated heterocycles. The Morgan fingerprint density at radius 2 is 2.17 bits per heavy atom. The zero-order valence-electron chi connectivity index (χ0n) is 12.5. The Morgan fingerprint density at radius 1 is 1.35 bits per heavy atom. The second kappa shape index (κ2) is 7.43. The highest BCUT2D eigenvalue weighted by Gasteiger charge is 2.12. The number of rotatable bonds is 6. The third-order valence-electron chi connectivity index (χ3n) is 3.30. The Labute approximate surface area is 142 Å². The summed E-state index contributed by atoms with van der Waals surface area (Å²) in [5, 5.41) is 12.4. The van der Waals surface area contributed by atoms with Gasteiger partial charge in [-0.25, -0.2) is 4.98 Å². The number of carbonyl (C=O) groups is 1. The number of hydrogen-bond acceptors (Lipinski definition) is 5. The van der Waals surface area contributed by atoms with Crippen molar-refractivity contribution in [2.24, 2.45) is 0 Å². The molecule has 2 aromatic heterocycles. The maximum Gasteiger partial charge on any atom is 0.251 e. The van der Waals surface area contributed by atoms with Gasteiger partial charge in [-0.05, 0) is 36.1 Å². The van der Waals surface area contributed by atoms with Crippen LogP contribution in [0.2, 0.25) is 0 Å². The lowest BCUT2D eigenvalue weighted by atomic mass is 10.1. The van der Waals surface area contributed by atoms with Crippen LogP contribution >= 0.6 is 23.1 Å². The van der Waals surface area contributed by atoms with Crippen LogP contribution in [-0.2, 0) is 5.75 Å². The van der Waals surface area contributed by atoms with E-state index >= 15 is 0 Å². The molecule has 1 unspecified atom stereocenters. The quantitative estimate of drug-likeness (QED) is 0.670. The van der Waals surface area contributed by atoms with Crippen molar-refractivity contribution >= 4 is 29.0 Å². The molecule has 7 heteroatoms. The number of hydrogen-bond donors (Lipinski definition) is 2. The summed E-state index contributed by atoms with van der Waals surface area (Å²) >= 11 is 3.22. The van der Waals surface area contributed by atoms with E-state index in [1.165, 1.54) is 6.33 Å². The molecule has 0 aliphatic heterocycles. The van der Waals surface area contributed by atoms with Crippen LogP contribution in [0.25, 0.3) is 0 Å². The highest BCUT2D eigenvalue weighted by molar-refractivity contribution is 7.98. The second-order valence-electron chi connectivity index (χ2n) is 4.99. The first kappa shape index (κ1) is 15.8. The minimum atomic E-state index is -0.0552. The van der Waals surface area contributed by atoms with E-state index in [9.17, 15) is 4.79 Å². The van der Waals surface area contributed by atoms with Gasteiger partial charge in [0.1, 0.15) is 6.33 Å². The highest BCUT2D eigenvalue weighted by Crippen LogP contribution is 2.20. The van der Waals surface area contributed by atoms with Crippen molar-refractivity contribution in [3.05, 3.63) is 64.1 Å². The summed E-state index contributed by atoms with van der Waals surface area (Å²) < 4.78 is 0. The first-order valence-corrected chi connectivity index (χ1v) is 9.00. The summed E-state index contributed by atoms with van der Waals surface area (Å²) in [5.74, 6) is 0.725. The predicted octanol–water partition coefficient (Wildman–Crippen LogP) is 3.65. The number of aromatic nitrogens is 3. The predicted molar refractivity (Wildman–Crippen MR) is 92.6 cm³/mol. The van der Waals surface area contributed by atoms with Gasteiger partial charge in [0.25, 0.3) is 5.91 Å². The molecule has 1 aromatic carbocycles. The smallest absolute Gasteiger partial charge is 0.251 e. The Bertz CT molecular complexity index is 739. The molecule has 0 bridgehead atoms. The fraction of sp³-hybridized carbons (Fsp3) is 0.188. The van der Waals surface area contributed by atoms with Crippen LogP contribution in [0, 0.1) is 0 Å². The van der Waals surface area contributed by atoms with Crippen LogP contribution in [0.1, 0.15) is 33.8 Å². The molecule has 2 N–H and O–H groups in total. The Hall–Kier alpha value is -2.12. The Kier molecular flexibility index (Phi) is 5.09. The van der Waals surface area contributed by atoms with Crippen LogP contribution in [0.3, 0.4) is 0 Å². The zero-order valence-corrected chi connectivity index (χ0v) is 14.2. The molecule has 0 aliphatic rings. The molecule has 23 heavy (non-hydrogen) atoms. The molecule has 0 spiro atoms. The van der Waals surface area contributed by atoms with Gasteiger partial charge < -0.3 is 5.32 Å². The molecule has 2 heterocycles. The van der Waals surface area contributed by atoms with E-state index in [-0.39, 0.29) is 11.9 Å². The Morgan fingerprint density at radius 3 is 2.83 bits per heavy atom. The first-order chi connectivity index (χ1) is 11.2. The molecule has 0 fully saturated rings. The summed E-state index contributed by atoms with van der Waals surface area (Å²) in [4.78, 5) is 17.5. The molecule has 118 valence electrons. The van der Waals surface area contributed by atoms with Crippen LogP contribution in [-0.4, -0.2) is 21.1 Å². The third kappa shape index (κ3) is 4.20. The van der Waals surface area contributed by atoms with Gasteiger partial charge >= 0.3 is 0 Å². The van der Waals surface area contributed by atoms with Gasteiger partial charge in [-0.2, -0.15) is 5.10 Å². The third-order valence-corrected chi connectivity index (χ3v) is 5.30. The minimum absolute atomic E-state index is 0.0178. The van der Waals surface area contributed by atoms with E-state index in [2.05, 4.69) is 20.5 Å². The number of thiophene rings is 1. The maximum atomic E-state index is 12.3. The molecule has 3 aromatic rings. The molecule has 5 nitrogen and oxygen atoms in total. The first-order valence-electron chi connectivity index (χ1n) is 7.14. The van der Waals surface area contributed by atoms with Crippen molar-refractivity contribution in [1.29, 1.82) is 0 Å². The lowest BCUT2D eigenvalue weighted by Gasteiger charge is -2.12. The zero-order chi connectivity index (χ0) is 16.1. The molecule has 0 aliphatic carbocycles. The van der Waals surface area contributed by atoms with Gasteiger partial charge in [-0.15, -0.1) is 11.3 Å². The minimum Gasteiger partial charge on any atom is -0.345 e. The number of nitrogens with zero attached hydrogens (tertiary/aromatic N) is 2. The van der Waals surface area contributed by atoms with E-state index in [4.69, 9.17) is 0 Å². The van der Waals surface area contributed by atoms with Crippen LogP contribution in [0.15, 0.2) is 53.3 Å². The van der Waals surface area contributed by atoms with Crippen molar-refractivity contribution in [2.45, 2.75) is 23.9 Å². The standard InChI is InChI=1S/C16H16N4OS2/c1-11(14-3-2-8-22-14)19-15(21)13-6-4-12(5-7-13)9-23-16-17-10-18-20-16/h2-8,10-11H,9H2,1H3,(H,19,21)(H,17,18,20). The average molecular weight is 344 g/mol. The van der Waals surface area contributed by atoms with E-state index in [1.807, 2.05) is 48.7 Å². The number of nitrogens with one attached hydrogen (secondary N) is 2. The van der Waals surface area contributed by atoms with Gasteiger partial charge in [-0.3, -0.25) is 9.89 Å². The van der Waals surface area contributed by atoms with Gasteiger partial charge in [0.05, 0.1) is 6.04 Å². The summed E-state index contributed by atoms with van der Waals surface area (Å²) in [6, 6.07) is 11.7. The number of amides is 1. The largest absolute Gasteiger partial charge is 0.345 e. The number of carbonyl (C=O) groups excluding carboxylic acids is 1. The van der Waals surface area contributed by atoms with Crippen LogP contribution in [0.4, 0.5) is 0 Å². The fourth-order valence-electron chi connectivity index (χ4n) is 2.06. The maximum absolute atomic E-state index is 12.3. The topological polar surface area (TPSA) is 70.7 Å². The summed E-state index contributed by atoms with van der Waals surface area (Å²) in [5.41, 5.74) is 1.80. The lowest BCUT2D eigenvalue weighted by Crippen LogP contribution is -2.26.